The predicted molar refractivity (Wildman–Crippen MR) is 63.2 cm³/mol. The van der Waals surface area contributed by atoms with Crippen molar-refractivity contribution in [2.75, 3.05) is 0 Å². The van der Waals surface area contributed by atoms with Gasteiger partial charge in [0.25, 0.3) is 0 Å². The normalized spacial score (nSPS) is 12.2. The third-order valence-corrected chi connectivity index (χ3v) is 2.83. The van der Waals surface area contributed by atoms with Crippen LogP contribution in [0.15, 0.2) is 4.79 Å². The molecule has 1 aromatic heterocycles. The Balaban J connectivity index is 3.49. The largest absolute Gasteiger partial charge is 0.481 e. The number of amides is 1. The van der Waals surface area contributed by atoms with E-state index in [0.29, 0.717) is 17.0 Å². The quantitative estimate of drug-likeness (QED) is 0.752. The molecular formula is C11H15N3O4. The summed E-state index contributed by atoms with van der Waals surface area (Å²) in [6, 6.07) is -0.863. The molecule has 0 radical (unpaired) electrons. The van der Waals surface area contributed by atoms with Gasteiger partial charge in [-0.1, -0.05) is 0 Å². The van der Waals surface area contributed by atoms with E-state index < -0.39 is 23.6 Å². The summed E-state index contributed by atoms with van der Waals surface area (Å²) in [5.41, 5.74) is 5.73. The Morgan fingerprint density at radius 1 is 1.44 bits per heavy atom. The molecule has 0 aromatic carbocycles. The van der Waals surface area contributed by atoms with E-state index in [2.05, 4.69) is 4.98 Å². The fourth-order valence-electron chi connectivity index (χ4n) is 1.81. The minimum atomic E-state index is -1.03. The van der Waals surface area contributed by atoms with Gasteiger partial charge in [0.2, 0.25) is 5.91 Å². The highest BCUT2D eigenvalue weighted by molar-refractivity contribution is 5.78. The number of nitrogens with zero attached hydrogens (tertiary/aromatic N) is 2. The predicted octanol–water partition coefficient (Wildman–Crippen LogP) is -0.466. The van der Waals surface area contributed by atoms with Gasteiger partial charge in [0.05, 0.1) is 6.42 Å². The molecule has 0 aliphatic heterocycles. The number of aryl methyl sites for hydroxylation is 1. The molecule has 0 aliphatic rings. The lowest BCUT2D eigenvalue weighted by atomic mass is 10.1. The van der Waals surface area contributed by atoms with E-state index in [4.69, 9.17) is 10.8 Å². The topological polar surface area (TPSA) is 115 Å². The number of carbonyl (C=O) groups is 2. The molecule has 3 N–H and O–H groups in total. The first-order valence-electron chi connectivity index (χ1n) is 5.35. The van der Waals surface area contributed by atoms with Crippen LogP contribution in [0, 0.1) is 13.8 Å². The Kier molecular flexibility index (Phi) is 3.85. The summed E-state index contributed by atoms with van der Waals surface area (Å²) in [5, 5.41) is 8.82. The molecule has 1 atom stereocenters. The van der Waals surface area contributed by atoms with Crippen LogP contribution < -0.4 is 11.4 Å². The van der Waals surface area contributed by atoms with Crippen LogP contribution in [-0.4, -0.2) is 26.5 Å². The first-order valence-corrected chi connectivity index (χ1v) is 5.35. The van der Waals surface area contributed by atoms with Crippen LogP contribution in [0.2, 0.25) is 0 Å². The van der Waals surface area contributed by atoms with Crippen molar-refractivity contribution in [1.29, 1.82) is 0 Å². The molecule has 7 heteroatoms. The monoisotopic (exact) mass is 253 g/mol. The van der Waals surface area contributed by atoms with E-state index in [0.717, 1.165) is 4.57 Å². The lowest BCUT2D eigenvalue weighted by molar-refractivity contribution is -0.136. The van der Waals surface area contributed by atoms with Crippen molar-refractivity contribution in [3.63, 3.8) is 0 Å². The van der Waals surface area contributed by atoms with Crippen molar-refractivity contribution >= 4 is 11.9 Å². The van der Waals surface area contributed by atoms with E-state index >= 15 is 0 Å². The van der Waals surface area contributed by atoms with Crippen molar-refractivity contribution in [2.45, 2.75) is 33.2 Å². The van der Waals surface area contributed by atoms with E-state index in [9.17, 15) is 14.4 Å². The summed E-state index contributed by atoms with van der Waals surface area (Å²) in [5.74, 6) is -1.70. The lowest BCUT2D eigenvalue weighted by Gasteiger charge is -2.18. The second-order valence-corrected chi connectivity index (χ2v) is 4.06. The maximum absolute atomic E-state index is 11.7. The summed E-state index contributed by atoms with van der Waals surface area (Å²) >= 11 is 0. The molecule has 0 fully saturated rings. The number of primary amides is 1. The van der Waals surface area contributed by atoms with Gasteiger partial charge < -0.3 is 10.8 Å². The molecule has 7 nitrogen and oxygen atoms in total. The minimum absolute atomic E-state index is 0.254. The summed E-state index contributed by atoms with van der Waals surface area (Å²) < 4.78 is 1.12. The van der Waals surface area contributed by atoms with Gasteiger partial charge in [-0.2, -0.15) is 4.98 Å². The molecule has 18 heavy (non-hydrogen) atoms. The summed E-state index contributed by atoms with van der Waals surface area (Å²) in [4.78, 5) is 37.4. The summed E-state index contributed by atoms with van der Waals surface area (Å²) in [6.45, 7) is 4.61. The van der Waals surface area contributed by atoms with E-state index in [1.807, 2.05) is 0 Å². The van der Waals surface area contributed by atoms with Gasteiger partial charge in [0, 0.05) is 17.0 Å². The fraction of sp³-hybridized carbons (Fsp3) is 0.455. The molecule has 1 heterocycles. The molecule has 0 saturated heterocycles. The minimum Gasteiger partial charge on any atom is -0.481 e. The molecule has 98 valence electrons. The molecular weight excluding hydrogens is 238 g/mol. The Morgan fingerprint density at radius 2 is 2.00 bits per heavy atom. The zero-order chi connectivity index (χ0) is 14.0. The van der Waals surface area contributed by atoms with Crippen molar-refractivity contribution in [1.82, 2.24) is 9.55 Å². The van der Waals surface area contributed by atoms with Crippen LogP contribution in [-0.2, 0) is 16.0 Å². The number of rotatable bonds is 4. The zero-order valence-corrected chi connectivity index (χ0v) is 10.4. The van der Waals surface area contributed by atoms with Gasteiger partial charge in [-0.05, 0) is 20.8 Å². The van der Waals surface area contributed by atoms with E-state index in [1.165, 1.54) is 6.92 Å². The highest BCUT2D eigenvalue weighted by atomic mass is 16.4. The maximum Gasteiger partial charge on any atom is 0.348 e. The van der Waals surface area contributed by atoms with Gasteiger partial charge in [-0.15, -0.1) is 0 Å². The second kappa shape index (κ2) is 4.99. The van der Waals surface area contributed by atoms with Crippen molar-refractivity contribution in [2.24, 2.45) is 5.73 Å². The van der Waals surface area contributed by atoms with Gasteiger partial charge in [-0.25, -0.2) is 4.79 Å². The van der Waals surface area contributed by atoms with Crippen LogP contribution in [0.4, 0.5) is 0 Å². The number of hydrogen-bond acceptors (Lipinski definition) is 4. The molecule has 1 aromatic rings. The highest BCUT2D eigenvalue weighted by Crippen LogP contribution is 2.14. The number of carboxylic acid groups (broad SMARTS) is 1. The number of aliphatic carboxylic acids is 1. The number of carboxylic acids is 1. The Hall–Kier alpha value is -2.18. The van der Waals surface area contributed by atoms with Gasteiger partial charge in [0.1, 0.15) is 6.04 Å². The highest BCUT2D eigenvalue weighted by Gasteiger charge is 2.20. The van der Waals surface area contributed by atoms with Crippen molar-refractivity contribution in [3.8, 4) is 0 Å². The first kappa shape index (κ1) is 13.9. The van der Waals surface area contributed by atoms with E-state index in [-0.39, 0.29) is 6.42 Å². The van der Waals surface area contributed by atoms with Gasteiger partial charge in [0.15, 0.2) is 0 Å². The van der Waals surface area contributed by atoms with Crippen LogP contribution >= 0.6 is 0 Å². The number of aromatic nitrogens is 2. The Bertz CT molecular complexity index is 562. The van der Waals surface area contributed by atoms with Crippen LogP contribution in [0.1, 0.15) is 29.9 Å². The SMILES string of the molecule is Cc1nc(=O)n(C(C)C(N)=O)c(C)c1CC(=O)O. The van der Waals surface area contributed by atoms with Gasteiger partial charge in [-0.3, -0.25) is 14.2 Å². The van der Waals surface area contributed by atoms with Crippen LogP contribution in [0.25, 0.3) is 0 Å². The first-order chi connectivity index (χ1) is 8.25. The number of hydrogen-bond donors (Lipinski definition) is 2. The Morgan fingerprint density at radius 3 is 2.44 bits per heavy atom. The van der Waals surface area contributed by atoms with Crippen LogP contribution in [0.5, 0.6) is 0 Å². The van der Waals surface area contributed by atoms with Crippen molar-refractivity contribution in [3.05, 3.63) is 27.4 Å². The molecule has 1 rings (SSSR count). The van der Waals surface area contributed by atoms with Gasteiger partial charge >= 0.3 is 11.7 Å². The summed E-state index contributed by atoms with van der Waals surface area (Å²) in [7, 11) is 0. The second-order valence-electron chi connectivity index (χ2n) is 4.06. The molecule has 1 unspecified atom stereocenters. The fourth-order valence-corrected chi connectivity index (χ4v) is 1.81. The average Bonchev–Trinajstić information content (AvgIpc) is 2.23. The molecule has 0 aliphatic carbocycles. The third-order valence-electron chi connectivity index (χ3n) is 2.83. The lowest BCUT2D eigenvalue weighted by Crippen LogP contribution is -2.36. The average molecular weight is 253 g/mol. The third kappa shape index (κ3) is 2.55. The standard InChI is InChI=1S/C11H15N3O4/c1-5-8(4-9(15)16)6(2)14(11(18)13-5)7(3)10(12)17/h7H,4H2,1-3H3,(H2,12,17)(H,15,16). The van der Waals surface area contributed by atoms with Crippen molar-refractivity contribution < 1.29 is 14.7 Å². The zero-order valence-electron chi connectivity index (χ0n) is 10.4. The number of nitrogens with two attached hydrogens (primary N) is 1. The van der Waals surface area contributed by atoms with Crippen LogP contribution in [0.3, 0.4) is 0 Å². The molecule has 0 bridgehead atoms. The molecule has 0 saturated carbocycles. The van der Waals surface area contributed by atoms with E-state index in [1.54, 1.807) is 13.8 Å². The summed E-state index contributed by atoms with van der Waals surface area (Å²) in [6.07, 6.45) is -0.254. The molecule has 0 spiro atoms. The Labute approximate surface area is 103 Å². The maximum atomic E-state index is 11.7. The number of carbonyl (C=O) groups excluding carboxylic acids is 1. The smallest absolute Gasteiger partial charge is 0.348 e. The molecule has 1 amide bonds.